The first-order valence-corrected chi connectivity index (χ1v) is 13.9. The van der Waals surface area contributed by atoms with Crippen molar-refractivity contribution in [3.8, 4) is 11.4 Å². The Bertz CT molecular complexity index is 1450. The Morgan fingerprint density at radius 1 is 0.972 bits per heavy atom. The van der Waals surface area contributed by atoms with E-state index >= 15 is 0 Å². The van der Waals surface area contributed by atoms with Gasteiger partial charge < -0.3 is 15.2 Å². The second-order valence-corrected chi connectivity index (χ2v) is 11.5. The first kappa shape index (κ1) is 21.1. The summed E-state index contributed by atoms with van der Waals surface area (Å²) in [6.45, 7) is 3.88. The monoisotopic (exact) mass is 479 g/mol. The van der Waals surface area contributed by atoms with Crippen molar-refractivity contribution in [1.82, 2.24) is 30.2 Å². The molecule has 5 heterocycles. The molecule has 2 N–H and O–H groups in total. The van der Waals surface area contributed by atoms with Gasteiger partial charge in [-0.05, 0) is 67.6 Å². The Kier molecular flexibility index (Phi) is 4.82. The normalized spacial score (nSPS) is 26.2. The summed E-state index contributed by atoms with van der Waals surface area (Å²) < 4.78 is 0. The number of piperazine rings is 1. The quantitative estimate of drug-likeness (QED) is 0.421. The van der Waals surface area contributed by atoms with Gasteiger partial charge in [-0.2, -0.15) is 0 Å². The molecular weight excluding hydrogens is 446 g/mol. The largest absolute Gasteiger partial charge is 0.353 e. The summed E-state index contributed by atoms with van der Waals surface area (Å²) in [4.78, 5) is 25.9. The molecule has 4 aromatic rings. The van der Waals surface area contributed by atoms with E-state index in [9.17, 15) is 0 Å². The molecule has 36 heavy (non-hydrogen) atoms. The number of hydrogen-bond donors (Lipinski definition) is 2. The number of anilines is 1. The molecule has 7 nitrogen and oxygen atoms in total. The van der Waals surface area contributed by atoms with E-state index in [2.05, 4.69) is 38.5 Å². The van der Waals surface area contributed by atoms with Crippen molar-refractivity contribution in [3.63, 3.8) is 0 Å². The lowest BCUT2D eigenvalue weighted by Crippen LogP contribution is -2.44. The Balaban J connectivity index is 1.28. The molecule has 1 saturated heterocycles. The molecular formula is C29H33N7. The van der Waals surface area contributed by atoms with E-state index in [0.29, 0.717) is 11.8 Å². The van der Waals surface area contributed by atoms with E-state index in [0.717, 1.165) is 71.8 Å². The third-order valence-electron chi connectivity index (χ3n) is 9.51. The average Bonchev–Trinajstić information content (AvgIpc) is 3.63. The molecule has 4 aliphatic rings. The number of pyridine rings is 2. The highest BCUT2D eigenvalue weighted by Crippen LogP contribution is 2.53. The number of hydrogen-bond acceptors (Lipinski definition) is 6. The molecule has 0 spiro atoms. The zero-order valence-electron chi connectivity index (χ0n) is 20.7. The van der Waals surface area contributed by atoms with Gasteiger partial charge in [0.15, 0.2) is 5.82 Å². The molecule has 0 aromatic carbocycles. The number of H-pyrrole nitrogens is 1. The predicted octanol–water partition coefficient (Wildman–Crippen LogP) is 5.15. The fourth-order valence-corrected chi connectivity index (χ4v) is 7.41. The van der Waals surface area contributed by atoms with Gasteiger partial charge in [-0.25, -0.2) is 15.0 Å². The van der Waals surface area contributed by atoms with Gasteiger partial charge in [0.25, 0.3) is 0 Å². The number of nitrogens with one attached hydrogen (secondary N) is 2. The van der Waals surface area contributed by atoms with Crippen LogP contribution < -0.4 is 10.2 Å². The number of nitrogens with zero attached hydrogens (tertiary/aromatic N) is 5. The summed E-state index contributed by atoms with van der Waals surface area (Å²) in [5.74, 6) is 4.84. The maximum absolute atomic E-state index is 5.31. The van der Waals surface area contributed by atoms with Crippen molar-refractivity contribution in [2.45, 2.75) is 56.8 Å². The summed E-state index contributed by atoms with van der Waals surface area (Å²) in [7, 11) is 0. The lowest BCUT2D eigenvalue weighted by atomic mass is 9.79. The second-order valence-electron chi connectivity index (χ2n) is 11.5. The van der Waals surface area contributed by atoms with Gasteiger partial charge >= 0.3 is 0 Å². The van der Waals surface area contributed by atoms with Crippen LogP contribution in [0, 0.1) is 11.8 Å². The van der Waals surface area contributed by atoms with Gasteiger partial charge in [-0.15, -0.1) is 0 Å². The minimum absolute atomic E-state index is 0.582. The Morgan fingerprint density at radius 2 is 1.89 bits per heavy atom. The van der Waals surface area contributed by atoms with Gasteiger partial charge in [0, 0.05) is 66.5 Å². The molecule has 184 valence electrons. The highest BCUT2D eigenvalue weighted by atomic mass is 15.2. The molecule has 2 bridgehead atoms. The van der Waals surface area contributed by atoms with Gasteiger partial charge in [-0.3, -0.25) is 4.98 Å². The molecule has 1 aliphatic heterocycles. The minimum atomic E-state index is 0.582. The lowest BCUT2D eigenvalue weighted by molar-refractivity contribution is 0.414. The van der Waals surface area contributed by atoms with E-state index in [1.165, 1.54) is 61.6 Å². The molecule has 0 amide bonds. The first-order chi connectivity index (χ1) is 17.8. The Morgan fingerprint density at radius 3 is 2.67 bits per heavy atom. The number of fused-ring (bicyclic) bond motifs is 4. The summed E-state index contributed by atoms with van der Waals surface area (Å²) in [6.07, 6.45) is 15.2. The maximum Gasteiger partial charge on any atom is 0.163 e. The van der Waals surface area contributed by atoms with Crippen LogP contribution in [-0.2, 0) is 0 Å². The van der Waals surface area contributed by atoms with Crippen LogP contribution >= 0.6 is 0 Å². The van der Waals surface area contributed by atoms with E-state index in [4.69, 9.17) is 15.0 Å². The molecule has 3 atom stereocenters. The predicted molar refractivity (Wildman–Crippen MR) is 142 cm³/mol. The topological polar surface area (TPSA) is 82.6 Å². The average molecular weight is 480 g/mol. The van der Waals surface area contributed by atoms with E-state index < -0.39 is 0 Å². The highest BCUT2D eigenvalue weighted by molar-refractivity contribution is 5.97. The molecule has 4 aromatic heterocycles. The zero-order chi connectivity index (χ0) is 23.6. The van der Waals surface area contributed by atoms with Gasteiger partial charge in [0.2, 0.25) is 0 Å². The summed E-state index contributed by atoms with van der Waals surface area (Å²) in [6, 6.07) is 4.44. The SMILES string of the molecule is c1cc(-c2nc(N3CCNCC3)c3c(C4CCC4)cncc3n2)c2cc(C3C[C@H]4CC[C@@H]3C4)[nH]c2n1. The summed E-state index contributed by atoms with van der Waals surface area (Å²) in [5.41, 5.74) is 5.68. The van der Waals surface area contributed by atoms with Crippen LogP contribution in [0.15, 0.2) is 30.7 Å². The molecule has 4 fully saturated rings. The van der Waals surface area contributed by atoms with E-state index in [1.807, 2.05) is 12.4 Å². The van der Waals surface area contributed by atoms with Crippen molar-refractivity contribution in [3.05, 3.63) is 42.0 Å². The van der Waals surface area contributed by atoms with Crippen LogP contribution in [0.5, 0.6) is 0 Å². The van der Waals surface area contributed by atoms with Crippen LogP contribution in [0.1, 0.15) is 68.0 Å². The lowest BCUT2D eigenvalue weighted by Gasteiger charge is -2.32. The maximum atomic E-state index is 5.31. The molecule has 3 saturated carbocycles. The Labute approximate surface area is 211 Å². The van der Waals surface area contributed by atoms with Crippen molar-refractivity contribution in [2.24, 2.45) is 11.8 Å². The van der Waals surface area contributed by atoms with Crippen molar-refractivity contribution in [1.29, 1.82) is 0 Å². The molecule has 3 aliphatic carbocycles. The smallest absolute Gasteiger partial charge is 0.163 e. The van der Waals surface area contributed by atoms with Crippen LogP contribution in [0.2, 0.25) is 0 Å². The number of aromatic amines is 1. The number of rotatable bonds is 4. The van der Waals surface area contributed by atoms with E-state index in [-0.39, 0.29) is 0 Å². The number of aromatic nitrogens is 5. The Hall–Kier alpha value is -3.06. The van der Waals surface area contributed by atoms with Gasteiger partial charge in [0.05, 0.1) is 11.7 Å². The van der Waals surface area contributed by atoms with Crippen molar-refractivity contribution in [2.75, 3.05) is 31.1 Å². The van der Waals surface area contributed by atoms with Crippen LogP contribution in [-0.4, -0.2) is 51.1 Å². The van der Waals surface area contributed by atoms with Gasteiger partial charge in [-0.1, -0.05) is 12.8 Å². The van der Waals surface area contributed by atoms with E-state index in [1.54, 1.807) is 0 Å². The molecule has 1 unspecified atom stereocenters. The minimum Gasteiger partial charge on any atom is -0.353 e. The fourth-order valence-electron chi connectivity index (χ4n) is 7.41. The molecule has 7 heteroatoms. The molecule has 0 radical (unpaired) electrons. The molecule has 8 rings (SSSR count). The van der Waals surface area contributed by atoms with Crippen LogP contribution in [0.25, 0.3) is 33.3 Å². The fraction of sp³-hybridized carbons (Fsp3) is 0.517. The van der Waals surface area contributed by atoms with Crippen molar-refractivity contribution < 1.29 is 0 Å². The highest BCUT2D eigenvalue weighted by Gasteiger charge is 2.41. The van der Waals surface area contributed by atoms with Crippen LogP contribution in [0.4, 0.5) is 5.82 Å². The van der Waals surface area contributed by atoms with Crippen LogP contribution in [0.3, 0.4) is 0 Å². The second kappa shape index (κ2) is 8.23. The third kappa shape index (κ3) is 3.28. The zero-order valence-corrected chi connectivity index (χ0v) is 20.7. The first-order valence-electron chi connectivity index (χ1n) is 13.9. The van der Waals surface area contributed by atoms with Crippen molar-refractivity contribution >= 4 is 27.8 Å². The third-order valence-corrected chi connectivity index (χ3v) is 9.51. The summed E-state index contributed by atoms with van der Waals surface area (Å²) in [5, 5.41) is 5.85. The van der Waals surface area contributed by atoms with Gasteiger partial charge in [0.1, 0.15) is 11.5 Å². The summed E-state index contributed by atoms with van der Waals surface area (Å²) >= 11 is 0. The standard InChI is InChI=1S/C29H33N7/c1-2-18(3-1)23-15-31-16-25-26(23)29(36-10-8-30-9-11-36)35-28(34-25)20-6-7-32-27-22(20)14-24(33-27)21-13-17-4-5-19(21)12-17/h6-7,14-19,21,30H,1-5,8-13H2,(H,32,33)/t17-,19+,21?/m0/s1.